The number of nitrogens with zero attached hydrogens (tertiary/aromatic N) is 4. The molecule has 0 radical (unpaired) electrons. The maximum atomic E-state index is 12.3. The van der Waals surface area contributed by atoms with Crippen molar-refractivity contribution in [1.29, 1.82) is 0 Å². The van der Waals surface area contributed by atoms with Gasteiger partial charge < -0.3 is 0 Å². The Morgan fingerprint density at radius 3 is 2.83 bits per heavy atom. The molecule has 0 fully saturated rings. The number of hydrogen-bond acceptors (Lipinski definition) is 6. The van der Waals surface area contributed by atoms with Crippen molar-refractivity contribution in [2.45, 2.75) is 19.3 Å². The Labute approximate surface area is 141 Å². The number of amides is 1. The summed E-state index contributed by atoms with van der Waals surface area (Å²) in [6.07, 6.45) is 3.54. The van der Waals surface area contributed by atoms with Gasteiger partial charge >= 0.3 is 0 Å². The molecule has 0 spiro atoms. The van der Waals surface area contributed by atoms with Crippen LogP contribution in [-0.4, -0.2) is 31.7 Å². The van der Waals surface area contributed by atoms with Crippen LogP contribution in [0.15, 0.2) is 36.5 Å². The average Bonchev–Trinajstić information content (AvgIpc) is 3.23. The molecule has 1 N–H and O–H groups in total. The van der Waals surface area contributed by atoms with Gasteiger partial charge in [0.2, 0.25) is 0 Å². The lowest BCUT2D eigenvalue weighted by atomic mass is 10.0. The fourth-order valence-electron chi connectivity index (χ4n) is 2.54. The highest BCUT2D eigenvalue weighted by atomic mass is 32.1. The molecular formula is C16H13N5O2S. The Hall–Kier alpha value is -2.87. The highest BCUT2D eigenvalue weighted by Gasteiger charge is 2.23. The molecule has 0 atom stereocenters. The van der Waals surface area contributed by atoms with Crippen molar-refractivity contribution in [3.05, 3.63) is 52.8 Å². The molecule has 2 heterocycles. The second-order valence-corrected chi connectivity index (χ2v) is 6.38. The van der Waals surface area contributed by atoms with E-state index in [1.165, 1.54) is 22.3 Å². The van der Waals surface area contributed by atoms with Gasteiger partial charge in [0.25, 0.3) is 5.91 Å². The van der Waals surface area contributed by atoms with Gasteiger partial charge in [0.1, 0.15) is 0 Å². The maximum absolute atomic E-state index is 12.3. The number of carbonyl (C=O) groups is 2. The Morgan fingerprint density at radius 2 is 2.04 bits per heavy atom. The van der Waals surface area contributed by atoms with E-state index >= 15 is 0 Å². The monoisotopic (exact) mass is 339 g/mol. The lowest BCUT2D eigenvalue weighted by Gasteiger charge is -2.05. The number of fused-ring (bicyclic) bond motifs is 1. The second kappa shape index (κ2) is 5.97. The van der Waals surface area contributed by atoms with Crippen molar-refractivity contribution in [2.75, 3.05) is 5.32 Å². The Morgan fingerprint density at radius 1 is 1.21 bits per heavy atom. The van der Waals surface area contributed by atoms with Crippen LogP contribution in [0.5, 0.6) is 0 Å². The van der Waals surface area contributed by atoms with Crippen LogP contribution >= 0.6 is 11.3 Å². The highest BCUT2D eigenvalue weighted by molar-refractivity contribution is 7.17. The van der Waals surface area contributed by atoms with E-state index in [0.717, 1.165) is 24.2 Å². The van der Waals surface area contributed by atoms with E-state index in [2.05, 4.69) is 20.5 Å². The molecule has 2 aromatic heterocycles. The molecule has 8 heteroatoms. The zero-order valence-electron chi connectivity index (χ0n) is 12.6. The van der Waals surface area contributed by atoms with Crippen LogP contribution < -0.4 is 5.32 Å². The molecule has 0 saturated heterocycles. The van der Waals surface area contributed by atoms with Crippen LogP contribution in [0.4, 0.5) is 5.13 Å². The summed E-state index contributed by atoms with van der Waals surface area (Å²) in [5.74, 6) is -0.292. The summed E-state index contributed by atoms with van der Waals surface area (Å²) in [4.78, 5) is 30.5. The largest absolute Gasteiger partial charge is 0.296 e. The number of Topliss-reactive ketones (excluding diaryl/α,β-unsaturated/α-hetero) is 1. The van der Waals surface area contributed by atoms with Crippen LogP contribution in [0.1, 0.15) is 38.7 Å². The SMILES string of the molecule is O=C(Nc1nc2c(s1)C(=O)CCC2)c1cnn(-c2ccccc2)n1. The van der Waals surface area contributed by atoms with Crippen molar-refractivity contribution in [1.82, 2.24) is 20.0 Å². The number of thiazole rings is 1. The van der Waals surface area contributed by atoms with Crippen molar-refractivity contribution < 1.29 is 9.59 Å². The lowest BCUT2D eigenvalue weighted by molar-refractivity contribution is 0.0975. The Balaban J connectivity index is 1.53. The van der Waals surface area contributed by atoms with Crippen molar-refractivity contribution in [3.8, 4) is 5.69 Å². The molecule has 0 unspecified atom stereocenters. The summed E-state index contributed by atoms with van der Waals surface area (Å²) in [5, 5.41) is 11.4. The van der Waals surface area contributed by atoms with Crippen LogP contribution in [-0.2, 0) is 6.42 Å². The van der Waals surface area contributed by atoms with Gasteiger partial charge in [-0.25, -0.2) is 4.98 Å². The predicted molar refractivity (Wildman–Crippen MR) is 88.7 cm³/mol. The smallest absolute Gasteiger partial charge is 0.279 e. The first-order valence-corrected chi connectivity index (χ1v) is 8.34. The fourth-order valence-corrected chi connectivity index (χ4v) is 3.51. The third-order valence-electron chi connectivity index (χ3n) is 3.70. The predicted octanol–water partition coefficient (Wildman–Crippen LogP) is 2.50. The summed E-state index contributed by atoms with van der Waals surface area (Å²) >= 11 is 1.22. The van der Waals surface area contributed by atoms with Gasteiger partial charge in [0.15, 0.2) is 16.6 Å². The summed E-state index contributed by atoms with van der Waals surface area (Å²) < 4.78 is 0. The summed E-state index contributed by atoms with van der Waals surface area (Å²) in [5.41, 5.74) is 1.74. The summed E-state index contributed by atoms with van der Waals surface area (Å²) in [7, 11) is 0. The van der Waals surface area contributed by atoms with E-state index in [9.17, 15) is 9.59 Å². The number of benzene rings is 1. The molecular weight excluding hydrogens is 326 g/mol. The number of aromatic nitrogens is 4. The number of rotatable bonds is 3. The van der Waals surface area contributed by atoms with Gasteiger partial charge in [-0.3, -0.25) is 14.9 Å². The zero-order valence-corrected chi connectivity index (χ0v) is 13.4. The molecule has 7 nitrogen and oxygen atoms in total. The minimum Gasteiger partial charge on any atom is -0.296 e. The highest BCUT2D eigenvalue weighted by Crippen LogP contribution is 2.29. The van der Waals surface area contributed by atoms with E-state index in [1.807, 2.05) is 30.3 Å². The molecule has 0 aliphatic heterocycles. The van der Waals surface area contributed by atoms with Gasteiger partial charge in [-0.15, -0.1) is 5.10 Å². The van der Waals surface area contributed by atoms with Gasteiger partial charge in [0, 0.05) is 6.42 Å². The minimum absolute atomic E-state index is 0.101. The first-order valence-electron chi connectivity index (χ1n) is 7.53. The van der Waals surface area contributed by atoms with E-state index in [-0.39, 0.29) is 11.5 Å². The first-order chi connectivity index (χ1) is 11.7. The minimum atomic E-state index is -0.393. The molecule has 1 aliphatic carbocycles. The fraction of sp³-hybridized carbons (Fsp3) is 0.188. The topological polar surface area (TPSA) is 89.8 Å². The molecule has 1 aliphatic rings. The number of carbonyl (C=O) groups excluding carboxylic acids is 2. The zero-order chi connectivity index (χ0) is 16.5. The quantitative estimate of drug-likeness (QED) is 0.792. The molecule has 4 rings (SSSR count). The summed E-state index contributed by atoms with van der Waals surface area (Å²) in [6.45, 7) is 0. The Bertz CT molecular complexity index is 916. The molecule has 1 aromatic carbocycles. The third kappa shape index (κ3) is 2.71. The van der Waals surface area contributed by atoms with Crippen molar-refractivity contribution in [3.63, 3.8) is 0 Å². The van der Waals surface area contributed by atoms with E-state index < -0.39 is 5.91 Å². The summed E-state index contributed by atoms with van der Waals surface area (Å²) in [6, 6.07) is 9.33. The number of hydrogen-bond donors (Lipinski definition) is 1. The molecule has 0 saturated carbocycles. The van der Waals surface area contributed by atoms with Gasteiger partial charge in [0.05, 0.1) is 22.5 Å². The van der Waals surface area contributed by atoms with Crippen LogP contribution in [0, 0.1) is 0 Å². The Kier molecular flexibility index (Phi) is 3.66. The number of para-hydroxylation sites is 1. The number of nitrogens with one attached hydrogen (secondary N) is 1. The van der Waals surface area contributed by atoms with E-state index in [1.54, 1.807) is 0 Å². The molecule has 120 valence electrons. The first kappa shape index (κ1) is 14.7. The van der Waals surface area contributed by atoms with E-state index in [0.29, 0.717) is 16.4 Å². The van der Waals surface area contributed by atoms with E-state index in [4.69, 9.17) is 0 Å². The van der Waals surface area contributed by atoms with Crippen LogP contribution in [0.25, 0.3) is 5.69 Å². The van der Waals surface area contributed by atoms with Gasteiger partial charge in [-0.1, -0.05) is 29.5 Å². The number of anilines is 1. The van der Waals surface area contributed by atoms with Gasteiger partial charge in [-0.05, 0) is 25.0 Å². The van der Waals surface area contributed by atoms with Crippen molar-refractivity contribution >= 4 is 28.2 Å². The number of ketones is 1. The third-order valence-corrected chi connectivity index (χ3v) is 4.75. The molecule has 24 heavy (non-hydrogen) atoms. The van der Waals surface area contributed by atoms with Crippen LogP contribution in [0.3, 0.4) is 0 Å². The number of aryl methyl sites for hydroxylation is 1. The maximum Gasteiger partial charge on any atom is 0.279 e. The second-order valence-electron chi connectivity index (χ2n) is 5.38. The van der Waals surface area contributed by atoms with Crippen LogP contribution in [0.2, 0.25) is 0 Å². The van der Waals surface area contributed by atoms with Crippen molar-refractivity contribution in [2.24, 2.45) is 0 Å². The van der Waals surface area contributed by atoms with Gasteiger partial charge in [-0.2, -0.15) is 9.90 Å². The molecule has 3 aromatic rings. The average molecular weight is 339 g/mol. The standard InChI is InChI=1S/C16H13N5O2S/c22-13-8-4-7-11-14(13)24-16(18-11)19-15(23)12-9-17-21(20-12)10-5-2-1-3-6-10/h1-3,5-6,9H,4,7-8H2,(H,18,19,23). The molecule has 0 bridgehead atoms. The normalized spacial score (nSPS) is 13.6. The lowest BCUT2D eigenvalue weighted by Crippen LogP contribution is -2.13. The molecule has 1 amide bonds.